The monoisotopic (exact) mass is 241 g/mol. The lowest BCUT2D eigenvalue weighted by Gasteiger charge is -2.24. The van der Waals surface area contributed by atoms with Crippen molar-refractivity contribution in [3.8, 4) is 0 Å². The minimum Gasteiger partial charge on any atom is -0.481 e. The van der Waals surface area contributed by atoms with Crippen molar-refractivity contribution in [3.63, 3.8) is 0 Å². The Morgan fingerprint density at radius 2 is 2.18 bits per heavy atom. The Labute approximate surface area is 105 Å². The molecule has 0 aromatic carbocycles. The number of likely N-dealkylation sites (tertiary alicyclic amines) is 1. The minimum atomic E-state index is -0.664. The number of carboxylic acids is 1. The number of nitrogens with zero attached hydrogens (tertiary/aromatic N) is 1. The summed E-state index contributed by atoms with van der Waals surface area (Å²) in [6.45, 7) is 6.88. The topological polar surface area (TPSA) is 40.5 Å². The van der Waals surface area contributed by atoms with E-state index in [-0.39, 0.29) is 0 Å². The van der Waals surface area contributed by atoms with Crippen LogP contribution in [0.15, 0.2) is 0 Å². The van der Waals surface area contributed by atoms with Crippen LogP contribution in [0.1, 0.15) is 58.8 Å². The van der Waals surface area contributed by atoms with E-state index < -0.39 is 5.97 Å². The molecule has 1 rings (SSSR count). The first-order valence-electron chi connectivity index (χ1n) is 7.05. The van der Waals surface area contributed by atoms with Crippen LogP contribution in [0.5, 0.6) is 0 Å². The van der Waals surface area contributed by atoms with Gasteiger partial charge < -0.3 is 10.0 Å². The molecule has 17 heavy (non-hydrogen) atoms. The molecular weight excluding hydrogens is 214 g/mol. The maximum atomic E-state index is 10.4. The Morgan fingerprint density at radius 1 is 1.41 bits per heavy atom. The number of unbranched alkanes of at least 4 members (excludes halogenated alkanes) is 1. The molecule has 1 atom stereocenters. The fourth-order valence-corrected chi connectivity index (χ4v) is 2.63. The second kappa shape index (κ2) is 7.70. The van der Waals surface area contributed by atoms with E-state index in [1.165, 1.54) is 32.2 Å². The van der Waals surface area contributed by atoms with Gasteiger partial charge in [0.2, 0.25) is 0 Å². The van der Waals surface area contributed by atoms with Crippen LogP contribution < -0.4 is 0 Å². The quantitative estimate of drug-likeness (QED) is 0.664. The van der Waals surface area contributed by atoms with Gasteiger partial charge in [0, 0.05) is 12.5 Å². The molecule has 0 bridgehead atoms. The van der Waals surface area contributed by atoms with Crippen molar-refractivity contribution >= 4 is 5.97 Å². The summed E-state index contributed by atoms with van der Waals surface area (Å²) in [5, 5.41) is 8.59. The van der Waals surface area contributed by atoms with Crippen LogP contribution in [0.2, 0.25) is 0 Å². The molecule has 0 saturated carbocycles. The van der Waals surface area contributed by atoms with Gasteiger partial charge in [-0.05, 0) is 57.5 Å². The number of hydrogen-bond acceptors (Lipinski definition) is 2. The number of rotatable bonds is 8. The largest absolute Gasteiger partial charge is 0.481 e. The highest BCUT2D eigenvalue weighted by atomic mass is 16.4. The Balaban J connectivity index is 2.15. The van der Waals surface area contributed by atoms with Gasteiger partial charge in [-0.15, -0.1) is 0 Å². The van der Waals surface area contributed by atoms with Crippen LogP contribution in [-0.4, -0.2) is 35.1 Å². The van der Waals surface area contributed by atoms with E-state index in [0.29, 0.717) is 6.42 Å². The van der Waals surface area contributed by atoms with Gasteiger partial charge in [0.15, 0.2) is 0 Å². The predicted octanol–water partition coefficient (Wildman–Crippen LogP) is 3.14. The van der Waals surface area contributed by atoms with Gasteiger partial charge in [-0.25, -0.2) is 0 Å². The molecule has 0 spiro atoms. The van der Waals surface area contributed by atoms with Crippen LogP contribution in [0.4, 0.5) is 0 Å². The molecule has 1 aliphatic rings. The Bertz CT molecular complexity index is 228. The number of hydrogen-bond donors (Lipinski definition) is 1. The molecule has 0 aromatic rings. The SMILES string of the molecule is CC(C)CCC1CCCN1CCCCC(=O)O. The second-order valence-electron chi connectivity index (χ2n) is 5.65. The van der Waals surface area contributed by atoms with E-state index in [9.17, 15) is 4.79 Å². The molecule has 0 radical (unpaired) electrons. The van der Waals surface area contributed by atoms with E-state index in [4.69, 9.17) is 5.11 Å². The van der Waals surface area contributed by atoms with Gasteiger partial charge >= 0.3 is 5.97 Å². The Kier molecular flexibility index (Phi) is 6.56. The van der Waals surface area contributed by atoms with E-state index in [0.717, 1.165) is 31.3 Å². The summed E-state index contributed by atoms with van der Waals surface area (Å²) in [5.74, 6) is 0.132. The maximum absolute atomic E-state index is 10.4. The molecule has 1 unspecified atom stereocenters. The number of carboxylic acid groups (broad SMARTS) is 1. The molecule has 0 amide bonds. The van der Waals surface area contributed by atoms with Gasteiger partial charge in [-0.1, -0.05) is 13.8 Å². The fourth-order valence-electron chi connectivity index (χ4n) is 2.63. The first-order chi connectivity index (χ1) is 8.09. The molecule has 3 heteroatoms. The van der Waals surface area contributed by atoms with Crippen molar-refractivity contribution in [1.82, 2.24) is 4.90 Å². The molecular formula is C14H27NO2. The van der Waals surface area contributed by atoms with Gasteiger partial charge in [-0.2, -0.15) is 0 Å². The molecule has 1 N–H and O–H groups in total. The Morgan fingerprint density at radius 3 is 2.82 bits per heavy atom. The van der Waals surface area contributed by atoms with Crippen LogP contribution in [0.3, 0.4) is 0 Å². The van der Waals surface area contributed by atoms with E-state index in [1.807, 2.05) is 0 Å². The van der Waals surface area contributed by atoms with E-state index in [2.05, 4.69) is 18.7 Å². The lowest BCUT2D eigenvalue weighted by Crippen LogP contribution is -2.30. The molecule has 1 fully saturated rings. The lowest BCUT2D eigenvalue weighted by atomic mass is 10.0. The van der Waals surface area contributed by atoms with Gasteiger partial charge in [-0.3, -0.25) is 4.79 Å². The highest BCUT2D eigenvalue weighted by Gasteiger charge is 2.23. The number of carbonyl (C=O) groups is 1. The van der Waals surface area contributed by atoms with Crippen LogP contribution in [0, 0.1) is 5.92 Å². The standard InChI is InChI=1S/C14H27NO2/c1-12(2)8-9-13-6-5-11-15(13)10-4-3-7-14(16)17/h12-13H,3-11H2,1-2H3,(H,16,17). The van der Waals surface area contributed by atoms with Crippen molar-refractivity contribution in [1.29, 1.82) is 0 Å². The van der Waals surface area contributed by atoms with Crippen molar-refractivity contribution in [3.05, 3.63) is 0 Å². The fraction of sp³-hybridized carbons (Fsp3) is 0.929. The van der Waals surface area contributed by atoms with Gasteiger partial charge in [0.25, 0.3) is 0 Å². The van der Waals surface area contributed by atoms with E-state index in [1.54, 1.807) is 0 Å². The average molecular weight is 241 g/mol. The zero-order valence-electron chi connectivity index (χ0n) is 11.3. The first-order valence-corrected chi connectivity index (χ1v) is 7.05. The Hall–Kier alpha value is -0.570. The summed E-state index contributed by atoms with van der Waals surface area (Å²) < 4.78 is 0. The van der Waals surface area contributed by atoms with Crippen LogP contribution in [-0.2, 0) is 4.79 Å². The van der Waals surface area contributed by atoms with Crippen LogP contribution in [0.25, 0.3) is 0 Å². The molecule has 100 valence electrons. The molecule has 3 nitrogen and oxygen atoms in total. The summed E-state index contributed by atoms with van der Waals surface area (Å²) >= 11 is 0. The van der Waals surface area contributed by atoms with Gasteiger partial charge in [0.05, 0.1) is 0 Å². The smallest absolute Gasteiger partial charge is 0.303 e. The molecule has 0 aliphatic carbocycles. The zero-order valence-corrected chi connectivity index (χ0v) is 11.3. The third kappa shape index (κ3) is 6.06. The van der Waals surface area contributed by atoms with Crippen molar-refractivity contribution in [2.24, 2.45) is 5.92 Å². The average Bonchev–Trinajstić information content (AvgIpc) is 2.68. The third-order valence-corrected chi connectivity index (χ3v) is 3.66. The molecule has 1 heterocycles. The molecule has 1 aliphatic heterocycles. The molecule has 1 saturated heterocycles. The summed E-state index contributed by atoms with van der Waals surface area (Å²) in [4.78, 5) is 13.0. The van der Waals surface area contributed by atoms with Crippen molar-refractivity contribution in [2.45, 2.75) is 64.8 Å². The summed E-state index contributed by atoms with van der Waals surface area (Å²) in [6, 6.07) is 0.766. The van der Waals surface area contributed by atoms with E-state index >= 15 is 0 Å². The molecule has 0 aromatic heterocycles. The predicted molar refractivity (Wildman–Crippen MR) is 70.2 cm³/mol. The maximum Gasteiger partial charge on any atom is 0.303 e. The van der Waals surface area contributed by atoms with Crippen molar-refractivity contribution in [2.75, 3.05) is 13.1 Å². The first kappa shape index (κ1) is 14.5. The van der Waals surface area contributed by atoms with Crippen LogP contribution >= 0.6 is 0 Å². The van der Waals surface area contributed by atoms with Crippen molar-refractivity contribution < 1.29 is 9.90 Å². The zero-order chi connectivity index (χ0) is 12.7. The second-order valence-corrected chi connectivity index (χ2v) is 5.65. The third-order valence-electron chi connectivity index (χ3n) is 3.66. The summed E-state index contributed by atoms with van der Waals surface area (Å²) in [7, 11) is 0. The normalized spacial score (nSPS) is 21.2. The highest BCUT2D eigenvalue weighted by Crippen LogP contribution is 2.23. The minimum absolute atomic E-state index is 0.324. The summed E-state index contributed by atoms with van der Waals surface area (Å²) in [5.41, 5.74) is 0. The highest BCUT2D eigenvalue weighted by molar-refractivity contribution is 5.66. The van der Waals surface area contributed by atoms with Gasteiger partial charge in [0.1, 0.15) is 0 Å². The lowest BCUT2D eigenvalue weighted by molar-refractivity contribution is -0.137. The number of aliphatic carboxylic acids is 1. The summed E-state index contributed by atoms with van der Waals surface area (Å²) in [6.07, 6.45) is 7.47.